The molecule has 0 saturated carbocycles. The smallest absolute Gasteiger partial charge is 0.173 e. The number of halogens is 1. The Labute approximate surface area is 106 Å². The molecule has 3 N–H and O–H groups in total. The molecule has 0 bridgehead atoms. The highest BCUT2D eigenvalue weighted by Crippen LogP contribution is 2.19. The molecule has 5 nitrogen and oxygen atoms in total. The number of hydrogen-bond donors (Lipinski definition) is 2. The third-order valence-corrected chi connectivity index (χ3v) is 2.68. The highest BCUT2D eigenvalue weighted by Gasteiger charge is 2.20. The quantitative estimate of drug-likeness (QED) is 0.431. The van der Waals surface area contributed by atoms with E-state index in [4.69, 9.17) is 20.1 Å². The molecule has 0 heterocycles. The molecule has 0 fully saturated rings. The summed E-state index contributed by atoms with van der Waals surface area (Å²) in [4.78, 5) is 0. The van der Waals surface area contributed by atoms with E-state index in [9.17, 15) is 4.39 Å². The van der Waals surface area contributed by atoms with Crippen molar-refractivity contribution in [1.82, 2.24) is 5.43 Å². The number of hydrogen-bond acceptors (Lipinski definition) is 5. The van der Waals surface area contributed by atoms with Gasteiger partial charge in [-0.1, -0.05) is 6.07 Å². The molecule has 1 aromatic rings. The Kier molecular flexibility index (Phi) is 6.00. The summed E-state index contributed by atoms with van der Waals surface area (Å²) in [5, 5.41) is 0. The molecule has 6 heteroatoms. The van der Waals surface area contributed by atoms with Gasteiger partial charge in [0.25, 0.3) is 0 Å². The van der Waals surface area contributed by atoms with Crippen LogP contribution in [0.1, 0.15) is 5.56 Å². The number of benzene rings is 1. The van der Waals surface area contributed by atoms with Gasteiger partial charge in [0.1, 0.15) is 0 Å². The zero-order chi connectivity index (χ0) is 13.5. The Bertz CT molecular complexity index is 372. The fourth-order valence-electron chi connectivity index (χ4n) is 1.75. The van der Waals surface area contributed by atoms with Crippen molar-refractivity contribution in [3.8, 4) is 5.75 Å². The second-order valence-electron chi connectivity index (χ2n) is 3.79. The summed E-state index contributed by atoms with van der Waals surface area (Å²) >= 11 is 0. The Morgan fingerprint density at radius 1 is 1.28 bits per heavy atom. The first-order valence-corrected chi connectivity index (χ1v) is 5.50. The van der Waals surface area contributed by atoms with Gasteiger partial charge in [-0.05, 0) is 24.1 Å². The summed E-state index contributed by atoms with van der Waals surface area (Å²) < 4.78 is 28.6. The van der Waals surface area contributed by atoms with Gasteiger partial charge in [-0.3, -0.25) is 11.3 Å². The maximum atomic E-state index is 13.5. The number of ether oxygens (including phenoxy) is 3. The molecule has 0 amide bonds. The molecule has 0 saturated heterocycles. The molecule has 0 radical (unpaired) electrons. The maximum Gasteiger partial charge on any atom is 0.173 e. The second-order valence-corrected chi connectivity index (χ2v) is 3.79. The van der Waals surface area contributed by atoms with Gasteiger partial charge < -0.3 is 14.2 Å². The summed E-state index contributed by atoms with van der Waals surface area (Å²) in [5.74, 6) is 5.25. The van der Waals surface area contributed by atoms with E-state index in [0.717, 1.165) is 5.56 Å². The first-order valence-electron chi connectivity index (χ1n) is 5.50. The van der Waals surface area contributed by atoms with Crippen LogP contribution in [0.25, 0.3) is 0 Å². The van der Waals surface area contributed by atoms with Crippen LogP contribution in [0, 0.1) is 5.82 Å². The molecule has 1 aromatic carbocycles. The van der Waals surface area contributed by atoms with E-state index >= 15 is 0 Å². The van der Waals surface area contributed by atoms with E-state index in [1.54, 1.807) is 12.1 Å². The average Bonchev–Trinajstić information content (AvgIpc) is 2.39. The maximum absolute atomic E-state index is 13.5. The van der Waals surface area contributed by atoms with E-state index in [1.165, 1.54) is 27.4 Å². The number of hydrazine groups is 1. The molecule has 0 spiro atoms. The highest BCUT2D eigenvalue weighted by atomic mass is 19.1. The molecule has 18 heavy (non-hydrogen) atoms. The molecular formula is C12H19FN2O3. The van der Waals surface area contributed by atoms with Crippen molar-refractivity contribution in [2.45, 2.75) is 18.8 Å². The molecule has 0 aliphatic carbocycles. The van der Waals surface area contributed by atoms with Gasteiger partial charge in [-0.2, -0.15) is 0 Å². The van der Waals surface area contributed by atoms with Gasteiger partial charge in [0.05, 0.1) is 13.2 Å². The summed E-state index contributed by atoms with van der Waals surface area (Å²) in [6, 6.07) is 4.49. The second kappa shape index (κ2) is 7.27. The molecule has 1 unspecified atom stereocenters. The normalized spacial score (nSPS) is 12.8. The number of methoxy groups -OCH3 is 3. The zero-order valence-electron chi connectivity index (χ0n) is 10.8. The van der Waals surface area contributed by atoms with E-state index < -0.39 is 12.1 Å². The largest absolute Gasteiger partial charge is 0.494 e. The van der Waals surface area contributed by atoms with E-state index in [2.05, 4.69) is 5.43 Å². The average molecular weight is 258 g/mol. The van der Waals surface area contributed by atoms with Gasteiger partial charge in [-0.15, -0.1) is 0 Å². The van der Waals surface area contributed by atoms with Crippen LogP contribution < -0.4 is 16.0 Å². The van der Waals surface area contributed by atoms with Crippen LogP contribution in [0.2, 0.25) is 0 Å². The molecule has 0 aromatic heterocycles. The van der Waals surface area contributed by atoms with Gasteiger partial charge in [-0.25, -0.2) is 4.39 Å². The van der Waals surface area contributed by atoms with Crippen molar-refractivity contribution >= 4 is 0 Å². The lowest BCUT2D eigenvalue weighted by atomic mass is 10.1. The number of nitrogens with one attached hydrogen (secondary N) is 1. The van der Waals surface area contributed by atoms with Crippen molar-refractivity contribution in [2.75, 3.05) is 21.3 Å². The van der Waals surface area contributed by atoms with Crippen molar-refractivity contribution in [3.05, 3.63) is 29.6 Å². The van der Waals surface area contributed by atoms with E-state index in [-0.39, 0.29) is 11.8 Å². The molecular weight excluding hydrogens is 239 g/mol. The molecule has 0 aliphatic heterocycles. The molecule has 1 atom stereocenters. The molecule has 1 rings (SSSR count). The first kappa shape index (κ1) is 14.8. The lowest BCUT2D eigenvalue weighted by molar-refractivity contribution is -0.122. The van der Waals surface area contributed by atoms with Crippen LogP contribution in [0.15, 0.2) is 18.2 Å². The van der Waals surface area contributed by atoms with Crippen LogP contribution in [-0.2, 0) is 15.9 Å². The lowest BCUT2D eigenvalue weighted by Gasteiger charge is -2.24. The number of rotatable bonds is 7. The predicted molar refractivity (Wildman–Crippen MR) is 65.6 cm³/mol. The van der Waals surface area contributed by atoms with Crippen LogP contribution in [0.3, 0.4) is 0 Å². The SMILES string of the molecule is COc1ccc(CC(NN)C(OC)OC)cc1F. The van der Waals surface area contributed by atoms with E-state index in [1.807, 2.05) is 0 Å². The zero-order valence-corrected chi connectivity index (χ0v) is 10.8. The fraction of sp³-hybridized carbons (Fsp3) is 0.500. The Balaban J connectivity index is 2.78. The molecule has 102 valence electrons. The van der Waals surface area contributed by atoms with Gasteiger partial charge >= 0.3 is 0 Å². The summed E-state index contributed by atoms with van der Waals surface area (Å²) in [6.07, 6.45) is -0.0239. The first-order chi connectivity index (χ1) is 8.65. The molecule has 0 aliphatic rings. The minimum Gasteiger partial charge on any atom is -0.494 e. The minimum atomic E-state index is -0.500. The summed E-state index contributed by atoms with van der Waals surface area (Å²) in [6.45, 7) is 0. The van der Waals surface area contributed by atoms with Crippen molar-refractivity contribution < 1.29 is 18.6 Å². The summed E-state index contributed by atoms with van der Waals surface area (Å²) in [5.41, 5.74) is 3.37. The van der Waals surface area contributed by atoms with Gasteiger partial charge in [0.2, 0.25) is 0 Å². The van der Waals surface area contributed by atoms with Crippen LogP contribution in [0.4, 0.5) is 4.39 Å². The van der Waals surface area contributed by atoms with Crippen molar-refractivity contribution in [2.24, 2.45) is 5.84 Å². The topological polar surface area (TPSA) is 65.7 Å². The van der Waals surface area contributed by atoms with Crippen LogP contribution in [-0.4, -0.2) is 33.7 Å². The third-order valence-electron chi connectivity index (χ3n) is 2.68. The summed E-state index contributed by atoms with van der Waals surface area (Å²) in [7, 11) is 4.47. The van der Waals surface area contributed by atoms with Crippen molar-refractivity contribution in [1.29, 1.82) is 0 Å². The van der Waals surface area contributed by atoms with E-state index in [0.29, 0.717) is 6.42 Å². The minimum absolute atomic E-state index is 0.214. The highest BCUT2D eigenvalue weighted by molar-refractivity contribution is 5.29. The Hall–Kier alpha value is -1.21. The van der Waals surface area contributed by atoms with Crippen LogP contribution >= 0.6 is 0 Å². The van der Waals surface area contributed by atoms with Crippen molar-refractivity contribution in [3.63, 3.8) is 0 Å². The fourth-order valence-corrected chi connectivity index (χ4v) is 1.75. The Morgan fingerprint density at radius 3 is 2.39 bits per heavy atom. The third kappa shape index (κ3) is 3.64. The predicted octanol–water partition coefficient (Wildman–Crippen LogP) is 0.828. The Morgan fingerprint density at radius 2 is 1.94 bits per heavy atom. The number of nitrogens with two attached hydrogens (primary N) is 1. The van der Waals surface area contributed by atoms with Crippen LogP contribution in [0.5, 0.6) is 5.75 Å². The van der Waals surface area contributed by atoms with Gasteiger partial charge in [0.15, 0.2) is 17.9 Å². The standard InChI is InChI=1S/C12H19FN2O3/c1-16-11-5-4-8(6-9(11)13)7-10(15-14)12(17-2)18-3/h4-6,10,12,15H,7,14H2,1-3H3. The van der Waals surface area contributed by atoms with Gasteiger partial charge in [0, 0.05) is 14.2 Å². The monoisotopic (exact) mass is 258 g/mol. The lowest BCUT2D eigenvalue weighted by Crippen LogP contribution is -2.47.